The lowest BCUT2D eigenvalue weighted by atomic mass is 9.75. The molecule has 3 rings (SSSR count). The number of esters is 1. The highest BCUT2D eigenvalue weighted by molar-refractivity contribution is 6.36. The number of hydrogen-bond acceptors (Lipinski definition) is 5. The maximum absolute atomic E-state index is 13.2. The molecule has 0 saturated heterocycles. The van der Waals surface area contributed by atoms with Crippen LogP contribution in [0.25, 0.3) is 11.3 Å². The minimum absolute atomic E-state index is 0.0751. The number of aryl methyl sites for hydroxylation is 1. The van der Waals surface area contributed by atoms with Crippen LogP contribution in [0.3, 0.4) is 0 Å². The topological polar surface area (TPSA) is 73.6 Å². The largest absolute Gasteiger partial charge is 0.461 e. The quantitative estimate of drug-likeness (QED) is 0.368. The van der Waals surface area contributed by atoms with Gasteiger partial charge in [-0.15, -0.1) is 0 Å². The van der Waals surface area contributed by atoms with E-state index in [9.17, 15) is 31.9 Å². The van der Waals surface area contributed by atoms with Gasteiger partial charge >= 0.3 is 18.8 Å². The van der Waals surface area contributed by atoms with Crippen LogP contribution in [-0.2, 0) is 16.9 Å². The summed E-state index contributed by atoms with van der Waals surface area (Å²) in [5, 5.41) is 15.0. The standard InChI is InChI=1S/C22H24ClF5N2O4/c1-3-30-18(16(23)17(29-30)19(31)33-4-2)14-6-5-13(11-15(14)34-20(24)25)21(32)9-7-12(8-10-21)22(26,27)28/h5-6,11-12,20,32H,3-4,7-10H2,1-2H3/t12-,21-. The van der Waals surface area contributed by atoms with Crippen LogP contribution in [0, 0.1) is 5.92 Å². The number of halogens is 6. The van der Waals surface area contributed by atoms with Crippen molar-refractivity contribution in [2.45, 2.75) is 64.5 Å². The van der Waals surface area contributed by atoms with Crippen LogP contribution in [0.15, 0.2) is 18.2 Å². The second kappa shape index (κ2) is 10.1. The van der Waals surface area contributed by atoms with Gasteiger partial charge in [0.25, 0.3) is 0 Å². The Bertz CT molecular complexity index is 1030. The number of carbonyl (C=O) groups excluding carboxylic acids is 1. The predicted octanol–water partition coefficient (Wildman–Crippen LogP) is 5.94. The third kappa shape index (κ3) is 5.30. The van der Waals surface area contributed by atoms with E-state index in [0.29, 0.717) is 0 Å². The summed E-state index contributed by atoms with van der Waals surface area (Å²) in [5.74, 6) is -2.67. The molecular formula is C22H24ClF5N2O4. The van der Waals surface area contributed by atoms with Crippen LogP contribution >= 0.6 is 11.6 Å². The Kier molecular flexibility index (Phi) is 7.76. The van der Waals surface area contributed by atoms with E-state index >= 15 is 0 Å². The number of aliphatic hydroxyl groups is 1. The molecule has 188 valence electrons. The third-order valence-electron chi connectivity index (χ3n) is 5.93. The molecule has 0 unspecified atom stereocenters. The van der Waals surface area contributed by atoms with Crippen LogP contribution in [-0.4, -0.2) is 40.3 Å². The van der Waals surface area contributed by atoms with Crippen LogP contribution in [0.1, 0.15) is 55.6 Å². The molecule has 1 saturated carbocycles. The van der Waals surface area contributed by atoms with E-state index in [-0.39, 0.29) is 72.1 Å². The number of rotatable bonds is 7. The van der Waals surface area contributed by atoms with Gasteiger partial charge in [-0.1, -0.05) is 17.7 Å². The molecule has 1 heterocycles. The first kappa shape index (κ1) is 26.2. The number of aromatic nitrogens is 2. The summed E-state index contributed by atoms with van der Waals surface area (Å²) < 4.78 is 76.5. The first-order valence-electron chi connectivity index (χ1n) is 10.7. The maximum atomic E-state index is 13.2. The van der Waals surface area contributed by atoms with Gasteiger partial charge in [0.2, 0.25) is 0 Å². The molecule has 1 aliphatic carbocycles. The number of nitrogens with zero attached hydrogens (tertiary/aromatic N) is 2. The van der Waals surface area contributed by atoms with Gasteiger partial charge in [0, 0.05) is 12.1 Å². The average molecular weight is 511 g/mol. The zero-order valence-electron chi connectivity index (χ0n) is 18.5. The first-order chi connectivity index (χ1) is 15.9. The van der Waals surface area contributed by atoms with Crippen LogP contribution in [0.5, 0.6) is 5.75 Å². The van der Waals surface area contributed by atoms with Crippen LogP contribution in [0.2, 0.25) is 5.02 Å². The fraction of sp³-hybridized carbons (Fsp3) is 0.545. The second-order valence-corrected chi connectivity index (χ2v) is 8.36. The van der Waals surface area contributed by atoms with Gasteiger partial charge in [0.05, 0.1) is 23.8 Å². The van der Waals surface area contributed by atoms with E-state index in [4.69, 9.17) is 16.3 Å². The molecule has 0 atom stereocenters. The Labute approximate surface area is 197 Å². The summed E-state index contributed by atoms with van der Waals surface area (Å²) in [4.78, 5) is 12.2. The Morgan fingerprint density at radius 1 is 1.29 bits per heavy atom. The third-order valence-corrected chi connectivity index (χ3v) is 6.29. The van der Waals surface area contributed by atoms with Crippen molar-refractivity contribution in [3.05, 3.63) is 34.5 Å². The van der Waals surface area contributed by atoms with Crippen molar-refractivity contribution >= 4 is 17.6 Å². The maximum Gasteiger partial charge on any atom is 0.391 e. The molecule has 0 spiro atoms. The Morgan fingerprint density at radius 3 is 2.47 bits per heavy atom. The lowest BCUT2D eigenvalue weighted by molar-refractivity contribution is -0.193. The van der Waals surface area contributed by atoms with Crippen molar-refractivity contribution in [2.75, 3.05) is 6.61 Å². The van der Waals surface area contributed by atoms with E-state index in [2.05, 4.69) is 9.84 Å². The Hall–Kier alpha value is -2.40. The Balaban J connectivity index is 2.04. The lowest BCUT2D eigenvalue weighted by Gasteiger charge is -2.37. The summed E-state index contributed by atoms with van der Waals surface area (Å²) in [5.41, 5.74) is -1.48. The first-order valence-corrected chi connectivity index (χ1v) is 11.1. The van der Waals surface area contributed by atoms with Gasteiger partial charge in [0.15, 0.2) is 5.69 Å². The van der Waals surface area contributed by atoms with Gasteiger partial charge in [0.1, 0.15) is 10.8 Å². The summed E-state index contributed by atoms with van der Waals surface area (Å²) in [7, 11) is 0. The molecular weight excluding hydrogens is 487 g/mol. The molecule has 1 aromatic carbocycles. The second-order valence-electron chi connectivity index (χ2n) is 7.98. The zero-order chi connectivity index (χ0) is 25.3. The van der Waals surface area contributed by atoms with Gasteiger partial charge in [-0.25, -0.2) is 4.79 Å². The minimum Gasteiger partial charge on any atom is -0.461 e. The number of alkyl halides is 5. The molecule has 0 bridgehead atoms. The van der Waals surface area contributed by atoms with Crippen molar-refractivity contribution in [1.82, 2.24) is 9.78 Å². The molecule has 0 amide bonds. The van der Waals surface area contributed by atoms with Crippen molar-refractivity contribution in [1.29, 1.82) is 0 Å². The fourth-order valence-corrected chi connectivity index (χ4v) is 4.48. The summed E-state index contributed by atoms with van der Waals surface area (Å²) >= 11 is 6.37. The van der Waals surface area contributed by atoms with Crippen LogP contribution < -0.4 is 4.74 Å². The highest BCUT2D eigenvalue weighted by Gasteiger charge is 2.46. The molecule has 1 N–H and O–H groups in total. The number of hydrogen-bond donors (Lipinski definition) is 1. The van der Waals surface area contributed by atoms with Gasteiger partial charge < -0.3 is 14.6 Å². The van der Waals surface area contributed by atoms with Crippen LogP contribution in [0.4, 0.5) is 22.0 Å². The van der Waals surface area contributed by atoms with E-state index in [1.165, 1.54) is 22.9 Å². The predicted molar refractivity (Wildman–Crippen MR) is 113 cm³/mol. The summed E-state index contributed by atoms with van der Waals surface area (Å²) in [6.45, 7) is 0.375. The van der Waals surface area contributed by atoms with E-state index in [1.54, 1.807) is 13.8 Å². The smallest absolute Gasteiger partial charge is 0.391 e. The fourth-order valence-electron chi connectivity index (χ4n) is 4.17. The van der Waals surface area contributed by atoms with Crippen molar-refractivity contribution in [2.24, 2.45) is 5.92 Å². The molecule has 0 radical (unpaired) electrons. The highest BCUT2D eigenvalue weighted by atomic mass is 35.5. The number of ether oxygens (including phenoxy) is 2. The van der Waals surface area contributed by atoms with Crippen molar-refractivity contribution < 1.29 is 41.3 Å². The molecule has 12 heteroatoms. The molecule has 1 aromatic heterocycles. The summed E-state index contributed by atoms with van der Waals surface area (Å²) in [6.07, 6.45) is -5.31. The van der Waals surface area contributed by atoms with Gasteiger partial charge in [-0.2, -0.15) is 27.1 Å². The van der Waals surface area contributed by atoms with Gasteiger partial charge in [-0.3, -0.25) is 4.68 Å². The van der Waals surface area contributed by atoms with E-state index < -0.39 is 30.3 Å². The number of benzene rings is 1. The van der Waals surface area contributed by atoms with Crippen molar-refractivity contribution in [3.8, 4) is 17.0 Å². The van der Waals surface area contributed by atoms with E-state index in [0.717, 1.165) is 0 Å². The van der Waals surface area contributed by atoms with Gasteiger partial charge in [-0.05, 0) is 57.2 Å². The normalized spacial score (nSPS) is 21.1. The van der Waals surface area contributed by atoms with Crippen molar-refractivity contribution in [3.63, 3.8) is 0 Å². The highest BCUT2D eigenvalue weighted by Crippen LogP contribution is 2.47. The monoisotopic (exact) mass is 510 g/mol. The summed E-state index contributed by atoms with van der Waals surface area (Å²) in [6, 6.07) is 3.96. The zero-order valence-corrected chi connectivity index (χ0v) is 19.2. The average Bonchev–Trinajstić information content (AvgIpc) is 3.09. The lowest BCUT2D eigenvalue weighted by Crippen LogP contribution is -2.36. The molecule has 1 aliphatic rings. The molecule has 0 aliphatic heterocycles. The molecule has 1 fully saturated rings. The SMILES string of the molecule is CCOC(=O)c1nn(CC)c(-c2ccc([C@]3(O)CC[C@H](C(F)(F)F)CC3)cc2OC(F)F)c1Cl. The molecule has 34 heavy (non-hydrogen) atoms. The molecule has 2 aromatic rings. The minimum atomic E-state index is -4.36. The molecule has 6 nitrogen and oxygen atoms in total. The Morgan fingerprint density at radius 2 is 1.94 bits per heavy atom. The number of carbonyl (C=O) groups is 1. The van der Waals surface area contributed by atoms with E-state index in [1.807, 2.05) is 0 Å².